The molecule has 1 fully saturated rings. The number of carbonyl (C=O) groups is 2. The summed E-state index contributed by atoms with van der Waals surface area (Å²) in [4.78, 5) is 23.9. The van der Waals surface area contributed by atoms with E-state index >= 15 is 0 Å². The third kappa shape index (κ3) is 7.66. The van der Waals surface area contributed by atoms with Crippen LogP contribution in [0.2, 0.25) is 0 Å². The highest BCUT2D eigenvalue weighted by Crippen LogP contribution is 2.39. The zero-order valence-corrected chi connectivity index (χ0v) is 20.6. The van der Waals surface area contributed by atoms with Crippen LogP contribution in [0.4, 0.5) is 0 Å². The topological polar surface area (TPSA) is 85.7 Å². The maximum Gasteiger partial charge on any atom is 0.139 e. The average molecular weight is 473 g/mol. The van der Waals surface area contributed by atoms with Crippen LogP contribution in [0.1, 0.15) is 73.1 Å². The van der Waals surface area contributed by atoms with Gasteiger partial charge >= 0.3 is 0 Å². The minimum atomic E-state index is 0.215. The fraction of sp³-hybridized carbons (Fsp3) is 0.583. The van der Waals surface area contributed by atoms with Crippen LogP contribution in [0.15, 0.2) is 24.3 Å². The molecule has 0 aliphatic heterocycles. The van der Waals surface area contributed by atoms with Crippen molar-refractivity contribution in [3.05, 3.63) is 47.0 Å². The van der Waals surface area contributed by atoms with E-state index in [1.54, 1.807) is 23.5 Å². The van der Waals surface area contributed by atoms with E-state index < -0.39 is 0 Å². The van der Waals surface area contributed by atoms with Crippen molar-refractivity contribution in [1.29, 1.82) is 0 Å². The summed E-state index contributed by atoms with van der Waals surface area (Å²) in [6, 6.07) is 7.97. The molecule has 8 heteroatoms. The summed E-state index contributed by atoms with van der Waals surface area (Å²) in [7, 11) is 0. The van der Waals surface area contributed by atoms with Crippen LogP contribution in [0.3, 0.4) is 0 Å². The van der Waals surface area contributed by atoms with Crippen LogP contribution >= 0.6 is 23.5 Å². The van der Waals surface area contributed by atoms with E-state index in [9.17, 15) is 9.59 Å². The highest BCUT2D eigenvalue weighted by Gasteiger charge is 2.27. The number of nitrogens with zero attached hydrogens (tertiary/aromatic N) is 4. The van der Waals surface area contributed by atoms with E-state index in [0.717, 1.165) is 60.0 Å². The van der Waals surface area contributed by atoms with Gasteiger partial charge in [0.15, 0.2) is 0 Å². The Kier molecular flexibility index (Phi) is 10.1. The lowest BCUT2D eigenvalue weighted by Gasteiger charge is -2.28. The smallest absolute Gasteiger partial charge is 0.139 e. The van der Waals surface area contributed by atoms with Crippen LogP contribution in [-0.2, 0) is 22.4 Å². The van der Waals surface area contributed by atoms with Crippen molar-refractivity contribution in [2.75, 3.05) is 24.0 Å². The lowest BCUT2D eigenvalue weighted by atomic mass is 9.78. The summed E-state index contributed by atoms with van der Waals surface area (Å²) >= 11 is 3.37. The summed E-state index contributed by atoms with van der Waals surface area (Å²) in [6.45, 7) is 0. The van der Waals surface area contributed by atoms with E-state index in [0.29, 0.717) is 37.5 Å². The molecule has 3 rings (SSSR count). The molecular weight excluding hydrogens is 440 g/mol. The fourth-order valence-corrected chi connectivity index (χ4v) is 4.97. The molecule has 0 amide bonds. The first-order valence-electron chi connectivity index (χ1n) is 11.2. The second-order valence-corrected chi connectivity index (χ2v) is 10.3. The molecule has 2 heterocycles. The molecule has 2 aromatic rings. The largest absolute Gasteiger partial charge is 0.299 e. The Morgan fingerprint density at radius 3 is 1.62 bits per heavy atom. The highest BCUT2D eigenvalue weighted by molar-refractivity contribution is 7.98. The molecule has 0 spiro atoms. The number of Topliss-reactive ketones (excluding diaryl/α,β-unsaturated/α-hetero) is 2. The zero-order valence-electron chi connectivity index (χ0n) is 19.0. The van der Waals surface area contributed by atoms with Gasteiger partial charge in [-0.25, -0.2) is 0 Å². The molecule has 1 aliphatic rings. The van der Waals surface area contributed by atoms with Gasteiger partial charge in [-0.2, -0.15) is 43.9 Å². The molecule has 1 saturated carbocycles. The van der Waals surface area contributed by atoms with Gasteiger partial charge in [0.25, 0.3) is 0 Å². The van der Waals surface area contributed by atoms with E-state index in [4.69, 9.17) is 0 Å². The first kappa shape index (κ1) is 24.8. The fourth-order valence-electron chi connectivity index (χ4n) is 4.10. The Balaban J connectivity index is 1.55. The molecule has 2 aromatic heterocycles. The molecule has 0 bridgehead atoms. The van der Waals surface area contributed by atoms with Crippen LogP contribution in [0, 0.1) is 0 Å². The lowest BCUT2D eigenvalue weighted by Crippen LogP contribution is -2.16. The van der Waals surface area contributed by atoms with Gasteiger partial charge in [0.1, 0.15) is 11.6 Å². The molecule has 0 saturated heterocycles. The van der Waals surface area contributed by atoms with Gasteiger partial charge in [-0.05, 0) is 67.5 Å². The minimum absolute atomic E-state index is 0.215. The van der Waals surface area contributed by atoms with E-state index in [2.05, 4.69) is 20.4 Å². The average Bonchev–Trinajstić information content (AvgIpc) is 2.82. The maximum atomic E-state index is 12.0. The molecule has 2 atom stereocenters. The Morgan fingerprint density at radius 2 is 1.25 bits per heavy atom. The lowest BCUT2D eigenvalue weighted by molar-refractivity contribution is -0.118. The predicted molar refractivity (Wildman–Crippen MR) is 131 cm³/mol. The Hall–Kier alpha value is -1.80. The Morgan fingerprint density at radius 1 is 0.781 bits per heavy atom. The van der Waals surface area contributed by atoms with E-state index in [-0.39, 0.29) is 11.6 Å². The quantitative estimate of drug-likeness (QED) is 0.448. The predicted octanol–water partition coefficient (Wildman–Crippen LogP) is 4.44. The van der Waals surface area contributed by atoms with E-state index in [1.807, 2.05) is 36.8 Å². The molecular formula is C24H32N4O2S2. The number of hydrogen-bond donors (Lipinski definition) is 0. The highest BCUT2D eigenvalue weighted by atomic mass is 32.2. The molecule has 6 nitrogen and oxygen atoms in total. The van der Waals surface area contributed by atoms with E-state index in [1.165, 1.54) is 0 Å². The summed E-state index contributed by atoms with van der Waals surface area (Å²) in [5, 5.41) is 17.5. The second kappa shape index (κ2) is 13.0. The van der Waals surface area contributed by atoms with Crippen molar-refractivity contribution >= 4 is 35.1 Å². The Labute approximate surface area is 199 Å². The van der Waals surface area contributed by atoms with Crippen molar-refractivity contribution in [3.8, 4) is 0 Å². The van der Waals surface area contributed by atoms with Gasteiger partial charge in [0, 0.05) is 24.7 Å². The van der Waals surface area contributed by atoms with Crippen molar-refractivity contribution < 1.29 is 9.59 Å². The maximum absolute atomic E-state index is 12.0. The van der Waals surface area contributed by atoms with Crippen molar-refractivity contribution in [2.45, 2.75) is 63.2 Å². The number of aromatic nitrogens is 4. The van der Waals surface area contributed by atoms with Gasteiger partial charge < -0.3 is 0 Å². The Bertz CT molecular complexity index is 803. The van der Waals surface area contributed by atoms with Gasteiger partial charge in [-0.15, -0.1) is 0 Å². The number of ketones is 2. The third-order valence-corrected chi connectivity index (χ3v) is 7.14. The first-order chi connectivity index (χ1) is 15.6. The normalized spacial score (nSPS) is 18.4. The van der Waals surface area contributed by atoms with Crippen molar-refractivity contribution in [3.63, 3.8) is 0 Å². The summed E-state index contributed by atoms with van der Waals surface area (Å²) in [6.07, 6.45) is 10.2. The summed E-state index contributed by atoms with van der Waals surface area (Å²) < 4.78 is 0. The van der Waals surface area contributed by atoms with Gasteiger partial charge in [0.05, 0.1) is 35.6 Å². The third-order valence-electron chi connectivity index (χ3n) is 5.92. The van der Waals surface area contributed by atoms with Crippen molar-refractivity contribution in [2.24, 2.45) is 0 Å². The molecule has 0 aromatic carbocycles. The number of carbonyl (C=O) groups excluding carboxylic acids is 2. The molecule has 1 aliphatic carbocycles. The molecule has 0 N–H and O–H groups in total. The monoisotopic (exact) mass is 472 g/mol. The van der Waals surface area contributed by atoms with Crippen LogP contribution in [-0.4, -0.2) is 56.0 Å². The standard InChI is InChI=1S/C24H32N4O2S2/c1-31-12-10-21(29)15-19-6-8-23(27-25-19)17-4-3-5-18(14-17)24-9-7-20(26-28-24)16-22(30)11-13-32-2/h6-9,17-18H,3-5,10-16H2,1-2H3/t17-,18-/m0/s1. The van der Waals surface area contributed by atoms with Crippen LogP contribution in [0.5, 0.6) is 0 Å². The molecule has 172 valence electrons. The number of rotatable bonds is 12. The summed E-state index contributed by atoms with van der Waals surface area (Å²) in [5.41, 5.74) is 3.50. The molecule has 0 unspecified atom stereocenters. The van der Waals surface area contributed by atoms with Crippen LogP contribution < -0.4 is 0 Å². The van der Waals surface area contributed by atoms with Gasteiger partial charge in [0.2, 0.25) is 0 Å². The second-order valence-electron chi connectivity index (χ2n) is 8.38. The summed E-state index contributed by atoms with van der Waals surface area (Å²) in [5.74, 6) is 2.83. The van der Waals surface area contributed by atoms with Gasteiger partial charge in [-0.1, -0.05) is 6.42 Å². The number of thioether (sulfide) groups is 2. The van der Waals surface area contributed by atoms with Gasteiger partial charge in [-0.3, -0.25) is 9.59 Å². The number of hydrogen-bond acceptors (Lipinski definition) is 8. The zero-order chi connectivity index (χ0) is 22.8. The van der Waals surface area contributed by atoms with Crippen molar-refractivity contribution in [1.82, 2.24) is 20.4 Å². The first-order valence-corrected chi connectivity index (χ1v) is 14.0. The molecule has 0 radical (unpaired) electrons. The van der Waals surface area contributed by atoms with Crippen LogP contribution in [0.25, 0.3) is 0 Å². The SMILES string of the molecule is CSCCC(=O)Cc1ccc([C@H]2CCC[C@H](c3ccc(CC(=O)CCSC)nn3)C2)nn1. The molecule has 32 heavy (non-hydrogen) atoms. The minimum Gasteiger partial charge on any atom is -0.299 e.